The molecule has 0 radical (unpaired) electrons. The second kappa shape index (κ2) is 7.65. The molecule has 0 amide bonds. The molecule has 0 heterocycles. The standard InChI is InChI=1S/C9H13F3.C2H6/c1-4-7(2)5-6-8(3)9(10,11)12;1-2/h5-6H,4H2,1-3H3;1-2H3/b7-5+,8-6+;. The fraction of sp³-hybridized carbons (Fsp3) is 0.636. The minimum Gasteiger partial charge on any atom is -0.166 e. The van der Waals surface area contributed by atoms with Crippen molar-refractivity contribution < 1.29 is 13.2 Å². The Morgan fingerprint density at radius 3 is 1.79 bits per heavy atom. The molecule has 0 aliphatic rings. The number of halogens is 3. The first-order valence-corrected chi connectivity index (χ1v) is 4.79. The van der Waals surface area contributed by atoms with Crippen molar-refractivity contribution in [3.63, 3.8) is 0 Å². The lowest BCUT2D eigenvalue weighted by molar-refractivity contribution is -0.0912. The monoisotopic (exact) mass is 208 g/mol. The van der Waals surface area contributed by atoms with Crippen LogP contribution in [0.25, 0.3) is 0 Å². The molecule has 0 bridgehead atoms. The van der Waals surface area contributed by atoms with E-state index >= 15 is 0 Å². The molecule has 0 aromatic heterocycles. The zero-order valence-electron chi connectivity index (χ0n) is 9.50. The highest BCUT2D eigenvalue weighted by molar-refractivity contribution is 5.18. The van der Waals surface area contributed by atoms with Gasteiger partial charge in [-0.05, 0) is 20.3 Å². The molecule has 0 aromatic carbocycles. The highest BCUT2D eigenvalue weighted by Gasteiger charge is 2.29. The summed E-state index contributed by atoms with van der Waals surface area (Å²) in [6.45, 7) is 8.78. The van der Waals surface area contributed by atoms with Crippen molar-refractivity contribution in [2.45, 2.75) is 47.2 Å². The lowest BCUT2D eigenvalue weighted by Crippen LogP contribution is -2.08. The van der Waals surface area contributed by atoms with Gasteiger partial charge in [-0.1, -0.05) is 38.5 Å². The summed E-state index contributed by atoms with van der Waals surface area (Å²) < 4.78 is 35.7. The number of rotatable bonds is 2. The SMILES string of the molecule is CC.CC/C(C)=C/C=C(\C)C(F)(F)F. The van der Waals surface area contributed by atoms with Gasteiger partial charge in [0.1, 0.15) is 0 Å². The molecule has 0 rings (SSSR count). The quantitative estimate of drug-likeness (QED) is 0.567. The Kier molecular flexibility index (Phi) is 8.60. The Morgan fingerprint density at radius 1 is 1.07 bits per heavy atom. The van der Waals surface area contributed by atoms with Crippen LogP contribution in [0.5, 0.6) is 0 Å². The first kappa shape index (κ1) is 15.7. The average molecular weight is 208 g/mol. The van der Waals surface area contributed by atoms with E-state index in [-0.39, 0.29) is 0 Å². The van der Waals surface area contributed by atoms with Crippen LogP contribution in [0.1, 0.15) is 41.0 Å². The van der Waals surface area contributed by atoms with Gasteiger partial charge >= 0.3 is 6.18 Å². The van der Waals surface area contributed by atoms with Crippen LogP contribution in [0, 0.1) is 0 Å². The van der Waals surface area contributed by atoms with E-state index in [1.54, 1.807) is 6.92 Å². The van der Waals surface area contributed by atoms with Crippen LogP contribution in [0.15, 0.2) is 23.3 Å². The Morgan fingerprint density at radius 2 is 1.50 bits per heavy atom. The predicted molar refractivity (Wildman–Crippen MR) is 55.2 cm³/mol. The molecular formula is C11H19F3. The van der Waals surface area contributed by atoms with Crippen LogP contribution in [0.2, 0.25) is 0 Å². The number of allylic oxidation sites excluding steroid dienone is 4. The summed E-state index contributed by atoms with van der Waals surface area (Å²) in [4.78, 5) is 0. The number of hydrogen-bond acceptors (Lipinski definition) is 0. The van der Waals surface area contributed by atoms with Crippen molar-refractivity contribution in [3.05, 3.63) is 23.3 Å². The lowest BCUT2D eigenvalue weighted by atomic mass is 10.2. The molecule has 0 N–H and O–H groups in total. The van der Waals surface area contributed by atoms with Crippen molar-refractivity contribution in [1.82, 2.24) is 0 Å². The molecule has 0 fully saturated rings. The third-order valence-electron chi connectivity index (χ3n) is 1.62. The molecule has 14 heavy (non-hydrogen) atoms. The normalized spacial score (nSPS) is 13.4. The van der Waals surface area contributed by atoms with E-state index in [0.717, 1.165) is 25.0 Å². The second-order valence-electron chi connectivity index (χ2n) is 2.71. The van der Waals surface area contributed by atoms with E-state index in [1.165, 1.54) is 6.08 Å². The van der Waals surface area contributed by atoms with Crippen LogP contribution < -0.4 is 0 Å². The van der Waals surface area contributed by atoms with E-state index < -0.39 is 11.7 Å². The van der Waals surface area contributed by atoms with Gasteiger partial charge in [0, 0.05) is 5.57 Å². The van der Waals surface area contributed by atoms with Gasteiger partial charge < -0.3 is 0 Å². The molecule has 0 saturated heterocycles. The second-order valence-corrected chi connectivity index (χ2v) is 2.71. The van der Waals surface area contributed by atoms with Crippen molar-refractivity contribution in [1.29, 1.82) is 0 Å². The van der Waals surface area contributed by atoms with E-state index in [9.17, 15) is 13.2 Å². The third kappa shape index (κ3) is 7.90. The van der Waals surface area contributed by atoms with Crippen molar-refractivity contribution in [2.75, 3.05) is 0 Å². The molecule has 0 nitrogen and oxygen atoms in total. The summed E-state index contributed by atoms with van der Waals surface area (Å²) in [5, 5.41) is 0. The Bertz CT molecular complexity index is 197. The summed E-state index contributed by atoms with van der Waals surface area (Å²) in [5.41, 5.74) is 0.383. The minimum absolute atomic E-state index is 0.560. The molecule has 0 saturated carbocycles. The van der Waals surface area contributed by atoms with Gasteiger partial charge in [-0.3, -0.25) is 0 Å². The van der Waals surface area contributed by atoms with Crippen LogP contribution in [-0.2, 0) is 0 Å². The Labute approximate surface area is 84.5 Å². The van der Waals surface area contributed by atoms with Gasteiger partial charge in [-0.2, -0.15) is 13.2 Å². The first-order chi connectivity index (χ1) is 6.38. The van der Waals surface area contributed by atoms with Crippen molar-refractivity contribution in [3.8, 4) is 0 Å². The number of hydrogen-bond donors (Lipinski definition) is 0. The molecule has 0 aromatic rings. The summed E-state index contributed by atoms with van der Waals surface area (Å²) >= 11 is 0. The molecule has 3 heteroatoms. The van der Waals surface area contributed by atoms with Gasteiger partial charge in [0.15, 0.2) is 0 Å². The molecular weight excluding hydrogens is 189 g/mol. The fourth-order valence-corrected chi connectivity index (χ4v) is 0.480. The molecule has 84 valence electrons. The smallest absolute Gasteiger partial charge is 0.166 e. The van der Waals surface area contributed by atoms with E-state index in [2.05, 4.69) is 0 Å². The van der Waals surface area contributed by atoms with E-state index in [0.29, 0.717) is 0 Å². The topological polar surface area (TPSA) is 0 Å². The lowest BCUT2D eigenvalue weighted by Gasteiger charge is -2.04. The third-order valence-corrected chi connectivity index (χ3v) is 1.62. The van der Waals surface area contributed by atoms with Crippen LogP contribution in [0.4, 0.5) is 13.2 Å². The fourth-order valence-electron chi connectivity index (χ4n) is 0.480. The average Bonchev–Trinajstić information content (AvgIpc) is 2.15. The summed E-state index contributed by atoms with van der Waals surface area (Å²) in [7, 11) is 0. The van der Waals surface area contributed by atoms with Gasteiger partial charge in [-0.15, -0.1) is 0 Å². The molecule has 0 aliphatic carbocycles. The first-order valence-electron chi connectivity index (χ1n) is 4.79. The zero-order chi connectivity index (χ0) is 11.8. The predicted octanol–water partition coefficient (Wildman–Crippen LogP) is 4.88. The largest absolute Gasteiger partial charge is 0.412 e. The van der Waals surface area contributed by atoms with E-state index in [1.807, 2.05) is 20.8 Å². The zero-order valence-corrected chi connectivity index (χ0v) is 9.50. The maximum atomic E-state index is 11.9. The van der Waals surface area contributed by atoms with Gasteiger partial charge in [-0.25, -0.2) is 0 Å². The van der Waals surface area contributed by atoms with E-state index in [4.69, 9.17) is 0 Å². The van der Waals surface area contributed by atoms with Crippen LogP contribution >= 0.6 is 0 Å². The van der Waals surface area contributed by atoms with Crippen LogP contribution in [-0.4, -0.2) is 6.18 Å². The number of alkyl halides is 3. The summed E-state index contributed by atoms with van der Waals surface area (Å²) in [6.07, 6.45) is -0.798. The molecule has 0 aliphatic heterocycles. The van der Waals surface area contributed by atoms with Gasteiger partial charge in [0.2, 0.25) is 0 Å². The molecule has 0 unspecified atom stereocenters. The summed E-state index contributed by atoms with van der Waals surface area (Å²) in [6, 6.07) is 0. The highest BCUT2D eigenvalue weighted by atomic mass is 19.4. The maximum Gasteiger partial charge on any atom is 0.412 e. The Hall–Kier alpha value is -0.730. The maximum absolute atomic E-state index is 11.9. The van der Waals surface area contributed by atoms with Gasteiger partial charge in [0.25, 0.3) is 0 Å². The van der Waals surface area contributed by atoms with Crippen LogP contribution in [0.3, 0.4) is 0 Å². The molecule has 0 spiro atoms. The van der Waals surface area contributed by atoms with Crippen molar-refractivity contribution in [2.24, 2.45) is 0 Å². The molecule has 0 atom stereocenters. The Balaban J connectivity index is 0. The van der Waals surface area contributed by atoms with Crippen molar-refractivity contribution >= 4 is 0 Å². The minimum atomic E-state index is -4.19. The van der Waals surface area contributed by atoms with Gasteiger partial charge in [0.05, 0.1) is 0 Å². The summed E-state index contributed by atoms with van der Waals surface area (Å²) in [5.74, 6) is 0. The highest BCUT2D eigenvalue weighted by Crippen LogP contribution is 2.24.